The van der Waals surface area contributed by atoms with E-state index >= 15 is 4.39 Å². The number of anilines is 1. The highest BCUT2D eigenvalue weighted by molar-refractivity contribution is 7.47. The highest BCUT2D eigenvalue weighted by atomic mass is 32.1. The standard InChI is InChI=1S/C20H21FN8O10P2S/c21-11-15-10(37-20(11)29-6-27-14-18(29)25-5-26-19(14)30)2-34-40(31)38-7-1-8(36-9(7)3-35-41(32,33)39-15)16-12-13(28-42-16)17(22)24-4-23-12/h4-11,15,20,40H,1-3H2,(H,32,33)(H2,22,23,24)(H,25,26,30)/t7-,8+,9+,10+,11+,15+,20+/m0/s1. The van der Waals surface area contributed by atoms with Crippen molar-refractivity contribution in [1.29, 1.82) is 0 Å². The lowest BCUT2D eigenvalue weighted by molar-refractivity contribution is -0.0535. The van der Waals surface area contributed by atoms with E-state index in [1.54, 1.807) is 0 Å². The number of halogens is 1. The normalized spacial score (nSPS) is 36.0. The monoisotopic (exact) mass is 646 g/mol. The minimum absolute atomic E-state index is 0.00683. The summed E-state index contributed by atoms with van der Waals surface area (Å²) in [6.45, 7) is -1.06. The summed E-state index contributed by atoms with van der Waals surface area (Å²) in [6, 6.07) is 0. The van der Waals surface area contributed by atoms with E-state index in [1.165, 1.54) is 6.33 Å². The smallest absolute Gasteiger partial charge is 0.382 e. The van der Waals surface area contributed by atoms with Crippen molar-refractivity contribution < 1.29 is 46.0 Å². The Morgan fingerprint density at radius 2 is 2.00 bits per heavy atom. The van der Waals surface area contributed by atoms with E-state index < -0.39 is 77.8 Å². The number of aromatic amines is 1. The maximum Gasteiger partial charge on any atom is 0.472 e. The second kappa shape index (κ2) is 10.7. The van der Waals surface area contributed by atoms with Crippen LogP contribution in [0.3, 0.4) is 0 Å². The van der Waals surface area contributed by atoms with Gasteiger partial charge in [0.05, 0.1) is 43.0 Å². The Labute approximate surface area is 238 Å². The van der Waals surface area contributed by atoms with Crippen molar-refractivity contribution in [2.75, 3.05) is 18.9 Å². The highest BCUT2D eigenvalue weighted by Gasteiger charge is 2.52. The van der Waals surface area contributed by atoms with Crippen LogP contribution in [0.25, 0.3) is 22.2 Å². The van der Waals surface area contributed by atoms with Gasteiger partial charge in [-0.25, -0.2) is 28.9 Å². The van der Waals surface area contributed by atoms with Gasteiger partial charge in [0.25, 0.3) is 5.56 Å². The van der Waals surface area contributed by atoms with Gasteiger partial charge in [0.15, 0.2) is 29.4 Å². The Balaban J connectivity index is 1.12. The third-order valence-electron chi connectivity index (χ3n) is 6.99. The van der Waals surface area contributed by atoms with Gasteiger partial charge in [-0.2, -0.15) is 4.37 Å². The lowest BCUT2D eigenvalue weighted by Gasteiger charge is -2.25. The van der Waals surface area contributed by atoms with Crippen LogP contribution in [0.15, 0.2) is 23.8 Å². The average Bonchev–Trinajstić information content (AvgIpc) is 3.72. The first kappa shape index (κ1) is 28.0. The first-order valence-electron chi connectivity index (χ1n) is 12.4. The number of aromatic nitrogens is 7. The van der Waals surface area contributed by atoms with Crippen LogP contribution in [-0.2, 0) is 36.7 Å². The molecule has 7 rings (SSSR count). The molecule has 0 spiro atoms. The van der Waals surface area contributed by atoms with Gasteiger partial charge in [0.1, 0.15) is 35.7 Å². The molecule has 0 radical (unpaired) electrons. The Bertz CT molecular complexity index is 1790. The Morgan fingerprint density at radius 1 is 1.14 bits per heavy atom. The second-order valence-electron chi connectivity index (χ2n) is 9.52. The van der Waals surface area contributed by atoms with Crippen molar-refractivity contribution in [1.82, 2.24) is 33.9 Å². The lowest BCUT2D eigenvalue weighted by atomic mass is 10.1. The molecule has 0 amide bonds. The van der Waals surface area contributed by atoms with E-state index in [1.807, 2.05) is 0 Å². The number of hydrogen-bond acceptors (Lipinski definition) is 16. The first-order chi connectivity index (χ1) is 20.2. The Morgan fingerprint density at radius 3 is 2.86 bits per heavy atom. The largest absolute Gasteiger partial charge is 0.472 e. The Kier molecular flexibility index (Phi) is 7.17. The number of phosphoric ester groups is 1. The maximum atomic E-state index is 15.8. The molecule has 0 aromatic carbocycles. The van der Waals surface area contributed by atoms with Gasteiger partial charge < -0.3 is 34.1 Å². The predicted octanol–water partition coefficient (Wildman–Crippen LogP) is 1.17. The molecule has 4 aromatic heterocycles. The number of imidazole rings is 1. The van der Waals surface area contributed by atoms with E-state index in [2.05, 4.69) is 29.3 Å². The molecule has 42 heavy (non-hydrogen) atoms. The van der Waals surface area contributed by atoms with E-state index in [0.29, 0.717) is 15.9 Å². The first-order valence-corrected chi connectivity index (χ1v) is 15.9. The van der Waals surface area contributed by atoms with Gasteiger partial charge in [-0.1, -0.05) is 0 Å². The molecule has 4 N–H and O–H groups in total. The maximum absolute atomic E-state index is 15.8. The number of nitrogen functional groups attached to an aromatic ring is 1. The molecular formula is C20H21FN8O10P2S. The molecule has 0 aliphatic carbocycles. The molecule has 3 fully saturated rings. The number of hydrogen-bond donors (Lipinski definition) is 3. The molecule has 3 saturated heterocycles. The number of nitrogens with zero attached hydrogens (tertiary/aromatic N) is 6. The third kappa shape index (κ3) is 4.96. The highest BCUT2D eigenvalue weighted by Crippen LogP contribution is 2.52. The van der Waals surface area contributed by atoms with E-state index in [-0.39, 0.29) is 23.4 Å². The summed E-state index contributed by atoms with van der Waals surface area (Å²) in [5.74, 6) is 0.190. The van der Waals surface area contributed by atoms with E-state index in [0.717, 1.165) is 28.8 Å². The number of rotatable bonds is 2. The molecule has 9 atom stereocenters. The molecule has 0 saturated carbocycles. The number of fused-ring (bicyclic) bond motifs is 4. The van der Waals surface area contributed by atoms with Gasteiger partial charge in [0, 0.05) is 6.42 Å². The third-order valence-corrected chi connectivity index (χ3v) is 9.80. The minimum Gasteiger partial charge on any atom is -0.382 e. The lowest BCUT2D eigenvalue weighted by Crippen LogP contribution is -2.35. The zero-order chi connectivity index (χ0) is 29.2. The molecule has 22 heteroatoms. The van der Waals surface area contributed by atoms with Crippen molar-refractivity contribution in [3.63, 3.8) is 0 Å². The number of H-pyrrole nitrogens is 1. The van der Waals surface area contributed by atoms with Crippen LogP contribution in [0, 0.1) is 0 Å². The van der Waals surface area contributed by atoms with Crippen molar-refractivity contribution in [3.05, 3.63) is 34.2 Å². The number of nitrogens with one attached hydrogen (secondary N) is 1. The van der Waals surface area contributed by atoms with Crippen LogP contribution >= 0.6 is 27.6 Å². The number of ether oxygens (including phenoxy) is 2. The minimum atomic E-state index is -4.92. The fourth-order valence-electron chi connectivity index (χ4n) is 5.06. The molecule has 2 unspecified atom stereocenters. The summed E-state index contributed by atoms with van der Waals surface area (Å²) in [7, 11) is -8.13. The molecule has 7 heterocycles. The van der Waals surface area contributed by atoms with E-state index in [9.17, 15) is 18.8 Å². The van der Waals surface area contributed by atoms with Crippen LogP contribution in [0.2, 0.25) is 0 Å². The van der Waals surface area contributed by atoms with E-state index in [4.69, 9.17) is 33.3 Å². The van der Waals surface area contributed by atoms with Crippen LogP contribution in [-0.4, -0.2) is 82.6 Å². The molecule has 3 aliphatic heterocycles. The predicted molar refractivity (Wildman–Crippen MR) is 139 cm³/mol. The van der Waals surface area contributed by atoms with Crippen LogP contribution in [0.4, 0.5) is 10.2 Å². The van der Waals surface area contributed by atoms with Crippen molar-refractivity contribution in [2.45, 2.75) is 49.3 Å². The second-order valence-corrected chi connectivity index (χ2v) is 12.8. The summed E-state index contributed by atoms with van der Waals surface area (Å²) in [5, 5.41) is 0. The van der Waals surface area contributed by atoms with Gasteiger partial charge in [-0.3, -0.25) is 23.0 Å². The van der Waals surface area contributed by atoms with Gasteiger partial charge >= 0.3 is 16.1 Å². The number of nitrogens with two attached hydrogens (primary N) is 1. The molecule has 3 aliphatic rings. The Hall–Kier alpha value is -2.77. The number of phosphoric acid groups is 1. The molecule has 224 valence electrons. The quantitative estimate of drug-likeness (QED) is 0.259. The summed E-state index contributed by atoms with van der Waals surface area (Å²) in [6.07, 6.45) is -5.44. The van der Waals surface area contributed by atoms with Crippen molar-refractivity contribution >= 4 is 55.6 Å². The summed E-state index contributed by atoms with van der Waals surface area (Å²) < 4.78 is 80.2. The fraction of sp³-hybridized carbons (Fsp3) is 0.500. The van der Waals surface area contributed by atoms with Crippen LogP contribution in [0.5, 0.6) is 0 Å². The van der Waals surface area contributed by atoms with Gasteiger partial charge in [-0.15, -0.1) is 0 Å². The van der Waals surface area contributed by atoms with Crippen LogP contribution < -0.4 is 11.3 Å². The molecular weight excluding hydrogens is 625 g/mol. The topological polar surface area (TPSA) is 238 Å². The summed E-state index contributed by atoms with van der Waals surface area (Å²) >= 11 is 1.09. The average molecular weight is 646 g/mol. The molecule has 18 nitrogen and oxygen atoms in total. The molecule has 4 aromatic rings. The number of alkyl halides is 1. The summed E-state index contributed by atoms with van der Waals surface area (Å²) in [4.78, 5) is 41.6. The van der Waals surface area contributed by atoms with Crippen molar-refractivity contribution in [2.24, 2.45) is 0 Å². The zero-order valence-electron chi connectivity index (χ0n) is 21.0. The SMILES string of the molecule is Nc1ncnc2c([C@H]3C[C@@H]4O[PH](=O)OC[C@H]5O[C@@H](n6cnc7c(=O)[nH]cnc76)[C@H](F)[C@@H]5OP(=O)(O)OC[C@H]4O3)snc12. The van der Waals surface area contributed by atoms with Gasteiger partial charge in [-0.05, 0) is 11.5 Å². The van der Waals surface area contributed by atoms with Gasteiger partial charge in [0.2, 0.25) is 0 Å². The molecule has 0 bridgehead atoms. The van der Waals surface area contributed by atoms with Crippen LogP contribution in [0.1, 0.15) is 23.6 Å². The van der Waals surface area contributed by atoms with Crippen molar-refractivity contribution in [3.8, 4) is 0 Å². The fourth-order valence-corrected chi connectivity index (χ4v) is 7.75. The zero-order valence-corrected chi connectivity index (χ0v) is 23.7. The summed E-state index contributed by atoms with van der Waals surface area (Å²) in [5.41, 5.74) is 6.12.